The minimum Gasteiger partial charge on any atom is -0.481 e. The fraction of sp³-hybridized carbons (Fsp3) is 0.455. The van der Waals surface area contributed by atoms with E-state index in [-0.39, 0.29) is 23.6 Å². The third-order valence-corrected chi connectivity index (χ3v) is 2.86. The zero-order valence-corrected chi connectivity index (χ0v) is 8.68. The fourth-order valence-electron chi connectivity index (χ4n) is 2.00. The first-order valence-electron chi connectivity index (χ1n) is 5.24. The standard InChI is InChI=1S/C11H13NO4/c13-10(9-2-1-5-16-9)12-8-4-3-7(6-8)11(14)15/h1-2,5,7-8H,3-4,6H2,(H,12,13)(H,14,15)/t7-,8+/m1/s1. The van der Waals surface area contributed by atoms with Crippen LogP contribution >= 0.6 is 0 Å². The van der Waals surface area contributed by atoms with Gasteiger partial charge in [0.25, 0.3) is 5.91 Å². The average molecular weight is 223 g/mol. The summed E-state index contributed by atoms with van der Waals surface area (Å²) in [4.78, 5) is 22.3. The Kier molecular flexibility index (Phi) is 2.94. The van der Waals surface area contributed by atoms with Crippen molar-refractivity contribution in [3.63, 3.8) is 0 Å². The molecule has 0 aromatic carbocycles. The first-order chi connectivity index (χ1) is 7.66. The summed E-state index contributed by atoms with van der Waals surface area (Å²) < 4.78 is 4.95. The van der Waals surface area contributed by atoms with Crippen molar-refractivity contribution in [3.8, 4) is 0 Å². The monoisotopic (exact) mass is 223 g/mol. The van der Waals surface area contributed by atoms with Gasteiger partial charge < -0.3 is 14.8 Å². The Balaban J connectivity index is 1.88. The summed E-state index contributed by atoms with van der Waals surface area (Å²) >= 11 is 0. The molecule has 1 aromatic heterocycles. The third-order valence-electron chi connectivity index (χ3n) is 2.86. The molecule has 5 heteroatoms. The molecule has 1 aromatic rings. The molecule has 0 radical (unpaired) electrons. The highest BCUT2D eigenvalue weighted by Crippen LogP contribution is 2.25. The number of furan rings is 1. The summed E-state index contributed by atoms with van der Waals surface area (Å²) in [5, 5.41) is 11.6. The molecule has 1 heterocycles. The summed E-state index contributed by atoms with van der Waals surface area (Å²) in [6.07, 6.45) is 3.27. The van der Waals surface area contributed by atoms with Crippen LogP contribution < -0.4 is 5.32 Å². The average Bonchev–Trinajstić information content (AvgIpc) is 2.87. The van der Waals surface area contributed by atoms with Crippen molar-refractivity contribution in [2.75, 3.05) is 0 Å². The minimum atomic E-state index is -0.783. The van der Waals surface area contributed by atoms with E-state index in [0.717, 1.165) is 0 Å². The second kappa shape index (κ2) is 4.38. The Hall–Kier alpha value is -1.78. The Bertz CT molecular complexity index is 385. The lowest BCUT2D eigenvalue weighted by molar-refractivity contribution is -0.141. The third kappa shape index (κ3) is 2.24. The lowest BCUT2D eigenvalue weighted by Gasteiger charge is -2.10. The van der Waals surface area contributed by atoms with E-state index in [0.29, 0.717) is 19.3 Å². The SMILES string of the molecule is O=C(N[C@H]1CC[C@@H](C(=O)O)C1)c1ccco1. The van der Waals surface area contributed by atoms with Crippen LogP contribution in [-0.2, 0) is 4.79 Å². The van der Waals surface area contributed by atoms with Crippen LogP contribution in [0, 0.1) is 5.92 Å². The molecule has 0 aliphatic heterocycles. The topological polar surface area (TPSA) is 79.5 Å². The molecule has 0 bridgehead atoms. The van der Waals surface area contributed by atoms with E-state index >= 15 is 0 Å². The maximum absolute atomic E-state index is 11.6. The maximum atomic E-state index is 11.6. The number of carboxylic acids is 1. The molecule has 0 saturated heterocycles. The molecule has 1 saturated carbocycles. The number of amides is 1. The highest BCUT2D eigenvalue weighted by atomic mass is 16.4. The van der Waals surface area contributed by atoms with Gasteiger partial charge >= 0.3 is 5.97 Å². The first-order valence-corrected chi connectivity index (χ1v) is 5.24. The van der Waals surface area contributed by atoms with Gasteiger partial charge in [0.2, 0.25) is 0 Å². The van der Waals surface area contributed by atoms with E-state index < -0.39 is 5.97 Å². The van der Waals surface area contributed by atoms with E-state index in [9.17, 15) is 9.59 Å². The Labute approximate surface area is 92.4 Å². The molecule has 5 nitrogen and oxygen atoms in total. The molecular formula is C11H13NO4. The molecule has 16 heavy (non-hydrogen) atoms. The molecule has 2 atom stereocenters. The van der Waals surface area contributed by atoms with Crippen LogP contribution in [-0.4, -0.2) is 23.0 Å². The van der Waals surface area contributed by atoms with E-state index in [1.54, 1.807) is 12.1 Å². The van der Waals surface area contributed by atoms with Gasteiger partial charge in [-0.2, -0.15) is 0 Å². The summed E-state index contributed by atoms with van der Waals surface area (Å²) in [6.45, 7) is 0. The van der Waals surface area contributed by atoms with Crippen LogP contribution in [0.1, 0.15) is 29.8 Å². The van der Waals surface area contributed by atoms with Crippen molar-refractivity contribution in [1.29, 1.82) is 0 Å². The van der Waals surface area contributed by atoms with E-state index in [4.69, 9.17) is 9.52 Å². The Morgan fingerprint density at radius 2 is 2.25 bits per heavy atom. The second-order valence-electron chi connectivity index (χ2n) is 4.00. The molecule has 2 rings (SSSR count). The van der Waals surface area contributed by atoms with Gasteiger partial charge in [0.15, 0.2) is 5.76 Å². The highest BCUT2D eigenvalue weighted by molar-refractivity contribution is 5.91. The van der Waals surface area contributed by atoms with Crippen LogP contribution in [0.5, 0.6) is 0 Å². The van der Waals surface area contributed by atoms with Crippen LogP contribution in [0.25, 0.3) is 0 Å². The summed E-state index contributed by atoms with van der Waals surface area (Å²) in [5.41, 5.74) is 0. The number of hydrogen-bond donors (Lipinski definition) is 2. The zero-order valence-electron chi connectivity index (χ0n) is 8.68. The van der Waals surface area contributed by atoms with Gasteiger partial charge in [-0.15, -0.1) is 0 Å². The van der Waals surface area contributed by atoms with E-state index in [1.807, 2.05) is 0 Å². The van der Waals surface area contributed by atoms with Gasteiger partial charge in [0, 0.05) is 6.04 Å². The minimum absolute atomic E-state index is 0.0568. The van der Waals surface area contributed by atoms with Gasteiger partial charge in [0.05, 0.1) is 12.2 Å². The maximum Gasteiger partial charge on any atom is 0.306 e. The van der Waals surface area contributed by atoms with Crippen molar-refractivity contribution >= 4 is 11.9 Å². The Morgan fingerprint density at radius 1 is 1.44 bits per heavy atom. The first kappa shape index (κ1) is 10.7. The Morgan fingerprint density at radius 3 is 2.81 bits per heavy atom. The highest BCUT2D eigenvalue weighted by Gasteiger charge is 2.30. The number of carbonyl (C=O) groups excluding carboxylic acids is 1. The van der Waals surface area contributed by atoms with Gasteiger partial charge in [-0.05, 0) is 31.4 Å². The van der Waals surface area contributed by atoms with Gasteiger partial charge in [0.1, 0.15) is 0 Å². The van der Waals surface area contributed by atoms with Crippen LogP contribution in [0.3, 0.4) is 0 Å². The molecule has 1 aliphatic rings. The molecular weight excluding hydrogens is 210 g/mol. The predicted octanol–water partition coefficient (Wildman–Crippen LogP) is 1.26. The lowest BCUT2D eigenvalue weighted by atomic mass is 10.1. The molecule has 1 fully saturated rings. The summed E-state index contributed by atoms with van der Waals surface area (Å²) in [7, 11) is 0. The van der Waals surface area contributed by atoms with Crippen molar-refractivity contribution in [3.05, 3.63) is 24.2 Å². The second-order valence-corrected chi connectivity index (χ2v) is 4.00. The number of hydrogen-bond acceptors (Lipinski definition) is 3. The lowest BCUT2D eigenvalue weighted by Crippen LogP contribution is -2.33. The van der Waals surface area contributed by atoms with Crippen molar-refractivity contribution in [2.45, 2.75) is 25.3 Å². The molecule has 1 amide bonds. The molecule has 1 aliphatic carbocycles. The largest absolute Gasteiger partial charge is 0.481 e. The predicted molar refractivity (Wildman–Crippen MR) is 54.9 cm³/mol. The number of rotatable bonds is 3. The van der Waals surface area contributed by atoms with Crippen molar-refractivity contribution < 1.29 is 19.1 Å². The number of aliphatic carboxylic acids is 1. The van der Waals surface area contributed by atoms with Crippen molar-refractivity contribution in [2.24, 2.45) is 5.92 Å². The molecule has 2 N–H and O–H groups in total. The number of carboxylic acid groups (broad SMARTS) is 1. The van der Waals surface area contributed by atoms with Gasteiger partial charge in [-0.25, -0.2) is 0 Å². The zero-order chi connectivity index (χ0) is 11.5. The quantitative estimate of drug-likeness (QED) is 0.808. The van der Waals surface area contributed by atoms with Crippen LogP contribution in [0.2, 0.25) is 0 Å². The van der Waals surface area contributed by atoms with E-state index in [1.165, 1.54) is 6.26 Å². The fourth-order valence-corrected chi connectivity index (χ4v) is 2.00. The number of nitrogens with one attached hydrogen (secondary N) is 1. The van der Waals surface area contributed by atoms with Crippen LogP contribution in [0.15, 0.2) is 22.8 Å². The smallest absolute Gasteiger partial charge is 0.306 e. The normalized spacial score (nSPS) is 24.2. The molecule has 0 unspecified atom stereocenters. The van der Waals surface area contributed by atoms with Crippen molar-refractivity contribution in [1.82, 2.24) is 5.32 Å². The molecule has 0 spiro atoms. The van der Waals surface area contributed by atoms with Gasteiger partial charge in [-0.3, -0.25) is 9.59 Å². The summed E-state index contributed by atoms with van der Waals surface area (Å²) in [6, 6.07) is 3.17. The van der Waals surface area contributed by atoms with E-state index in [2.05, 4.69) is 5.32 Å². The van der Waals surface area contributed by atoms with Crippen LogP contribution in [0.4, 0.5) is 0 Å². The summed E-state index contributed by atoms with van der Waals surface area (Å²) in [5.74, 6) is -1.13. The molecule has 86 valence electrons. The number of carbonyl (C=O) groups is 2. The van der Waals surface area contributed by atoms with Gasteiger partial charge in [-0.1, -0.05) is 0 Å².